The second-order valence-corrected chi connectivity index (χ2v) is 4.13. The van der Waals surface area contributed by atoms with Gasteiger partial charge >= 0.3 is 0 Å². The number of likely N-dealkylation sites (N-methyl/N-ethyl adjacent to an activating group) is 1. The molecule has 0 aliphatic rings. The van der Waals surface area contributed by atoms with Gasteiger partial charge in [0.1, 0.15) is 0 Å². The highest BCUT2D eigenvalue weighted by Gasteiger charge is 2.16. The Kier molecular flexibility index (Phi) is 2.79. The standard InChI is InChI=1S/C13H16N2O/c1-8-4-5-10-11(7-15-12(10)6-8)13(16)9(2)14-3/h4-7,9,14-15H,1-3H3. The Bertz CT molecular complexity index is 528. The normalized spacial score (nSPS) is 12.9. The topological polar surface area (TPSA) is 44.9 Å². The monoisotopic (exact) mass is 216 g/mol. The van der Waals surface area contributed by atoms with Gasteiger partial charge in [-0.1, -0.05) is 12.1 Å². The zero-order valence-electron chi connectivity index (χ0n) is 9.79. The minimum Gasteiger partial charge on any atom is -0.360 e. The zero-order valence-corrected chi connectivity index (χ0v) is 9.79. The Morgan fingerprint density at radius 2 is 2.19 bits per heavy atom. The summed E-state index contributed by atoms with van der Waals surface area (Å²) in [5.74, 6) is 0.123. The van der Waals surface area contributed by atoms with E-state index in [1.165, 1.54) is 5.56 Å². The van der Waals surface area contributed by atoms with Crippen molar-refractivity contribution in [3.05, 3.63) is 35.5 Å². The van der Waals surface area contributed by atoms with Crippen LogP contribution in [0.5, 0.6) is 0 Å². The van der Waals surface area contributed by atoms with Crippen LogP contribution in [-0.2, 0) is 0 Å². The van der Waals surface area contributed by atoms with Crippen molar-refractivity contribution in [2.75, 3.05) is 7.05 Å². The van der Waals surface area contributed by atoms with E-state index in [1.54, 1.807) is 13.2 Å². The third-order valence-corrected chi connectivity index (χ3v) is 2.93. The van der Waals surface area contributed by atoms with Crippen molar-refractivity contribution in [2.24, 2.45) is 0 Å². The molecule has 1 aromatic heterocycles. The van der Waals surface area contributed by atoms with Crippen molar-refractivity contribution < 1.29 is 4.79 Å². The quantitative estimate of drug-likeness (QED) is 0.773. The summed E-state index contributed by atoms with van der Waals surface area (Å²) in [6, 6.07) is 5.92. The van der Waals surface area contributed by atoms with Gasteiger partial charge in [-0.15, -0.1) is 0 Å². The van der Waals surface area contributed by atoms with Crippen LogP contribution in [0.25, 0.3) is 10.9 Å². The number of carbonyl (C=O) groups excluding carboxylic acids is 1. The number of aromatic nitrogens is 1. The highest BCUT2D eigenvalue weighted by Crippen LogP contribution is 2.20. The second kappa shape index (κ2) is 4.10. The Labute approximate surface area is 94.9 Å². The van der Waals surface area contributed by atoms with Crippen LogP contribution in [0.15, 0.2) is 24.4 Å². The number of carbonyl (C=O) groups is 1. The van der Waals surface area contributed by atoms with Gasteiger partial charge in [-0.25, -0.2) is 0 Å². The SMILES string of the molecule is CNC(C)C(=O)c1c[nH]c2cc(C)ccc12. The lowest BCUT2D eigenvalue weighted by molar-refractivity contribution is 0.0956. The number of hydrogen-bond donors (Lipinski definition) is 2. The predicted molar refractivity (Wildman–Crippen MR) is 65.9 cm³/mol. The summed E-state index contributed by atoms with van der Waals surface area (Å²) in [6.07, 6.45) is 1.79. The van der Waals surface area contributed by atoms with E-state index in [1.807, 2.05) is 26.0 Å². The number of ketones is 1. The first-order chi connectivity index (χ1) is 7.63. The molecule has 16 heavy (non-hydrogen) atoms. The largest absolute Gasteiger partial charge is 0.360 e. The van der Waals surface area contributed by atoms with Crippen molar-refractivity contribution in [1.82, 2.24) is 10.3 Å². The Hall–Kier alpha value is -1.61. The maximum absolute atomic E-state index is 12.1. The van der Waals surface area contributed by atoms with Crippen LogP contribution in [-0.4, -0.2) is 23.9 Å². The molecule has 0 aliphatic heterocycles. The lowest BCUT2D eigenvalue weighted by atomic mass is 10.0. The van der Waals surface area contributed by atoms with E-state index >= 15 is 0 Å². The van der Waals surface area contributed by atoms with E-state index in [-0.39, 0.29) is 11.8 Å². The molecule has 0 spiro atoms. The van der Waals surface area contributed by atoms with Crippen molar-refractivity contribution >= 4 is 16.7 Å². The van der Waals surface area contributed by atoms with E-state index in [0.29, 0.717) is 0 Å². The number of H-pyrrole nitrogens is 1. The van der Waals surface area contributed by atoms with Crippen LogP contribution in [0.1, 0.15) is 22.8 Å². The number of fused-ring (bicyclic) bond motifs is 1. The molecule has 0 saturated heterocycles. The van der Waals surface area contributed by atoms with Crippen molar-refractivity contribution in [2.45, 2.75) is 19.9 Å². The number of aromatic amines is 1. The van der Waals surface area contributed by atoms with Gasteiger partial charge in [0.05, 0.1) is 6.04 Å². The van der Waals surface area contributed by atoms with Gasteiger partial charge in [0.2, 0.25) is 0 Å². The summed E-state index contributed by atoms with van der Waals surface area (Å²) in [4.78, 5) is 15.2. The van der Waals surface area contributed by atoms with Crippen molar-refractivity contribution in [3.63, 3.8) is 0 Å². The Morgan fingerprint density at radius 3 is 2.88 bits per heavy atom. The number of hydrogen-bond acceptors (Lipinski definition) is 2. The molecule has 1 heterocycles. The summed E-state index contributed by atoms with van der Waals surface area (Å²) < 4.78 is 0. The van der Waals surface area contributed by atoms with Gasteiger partial charge in [-0.3, -0.25) is 4.79 Å². The highest BCUT2D eigenvalue weighted by atomic mass is 16.1. The maximum atomic E-state index is 12.1. The predicted octanol–water partition coefficient (Wildman–Crippen LogP) is 2.27. The van der Waals surface area contributed by atoms with Gasteiger partial charge in [-0.05, 0) is 32.5 Å². The van der Waals surface area contributed by atoms with E-state index in [0.717, 1.165) is 16.5 Å². The third kappa shape index (κ3) is 1.74. The number of aryl methyl sites for hydroxylation is 1. The van der Waals surface area contributed by atoms with E-state index in [9.17, 15) is 4.79 Å². The fourth-order valence-electron chi connectivity index (χ4n) is 1.81. The molecule has 84 valence electrons. The molecule has 2 N–H and O–H groups in total. The molecular weight excluding hydrogens is 200 g/mol. The molecule has 0 aliphatic carbocycles. The Morgan fingerprint density at radius 1 is 1.44 bits per heavy atom. The zero-order chi connectivity index (χ0) is 11.7. The van der Waals surface area contributed by atoms with Gasteiger partial charge in [0.25, 0.3) is 0 Å². The summed E-state index contributed by atoms with van der Waals surface area (Å²) in [5.41, 5.74) is 2.97. The number of Topliss-reactive ketones (excluding diaryl/α,β-unsaturated/α-hetero) is 1. The van der Waals surface area contributed by atoms with Crippen molar-refractivity contribution in [1.29, 1.82) is 0 Å². The lowest BCUT2D eigenvalue weighted by Crippen LogP contribution is -2.30. The van der Waals surface area contributed by atoms with Gasteiger partial charge in [0, 0.05) is 22.7 Å². The molecule has 0 fully saturated rings. The van der Waals surface area contributed by atoms with Crippen LogP contribution in [0.4, 0.5) is 0 Å². The first kappa shape index (κ1) is 10.9. The van der Waals surface area contributed by atoms with Gasteiger partial charge < -0.3 is 10.3 Å². The summed E-state index contributed by atoms with van der Waals surface area (Å²) in [5, 5.41) is 3.96. The maximum Gasteiger partial charge on any atom is 0.181 e. The smallest absolute Gasteiger partial charge is 0.181 e. The van der Waals surface area contributed by atoms with Crippen LogP contribution >= 0.6 is 0 Å². The average molecular weight is 216 g/mol. The number of nitrogens with one attached hydrogen (secondary N) is 2. The first-order valence-electron chi connectivity index (χ1n) is 5.42. The van der Waals surface area contributed by atoms with E-state index in [4.69, 9.17) is 0 Å². The molecule has 3 heteroatoms. The van der Waals surface area contributed by atoms with Crippen LogP contribution in [0.2, 0.25) is 0 Å². The molecule has 3 nitrogen and oxygen atoms in total. The molecule has 1 unspecified atom stereocenters. The lowest BCUT2D eigenvalue weighted by Gasteiger charge is -2.07. The summed E-state index contributed by atoms with van der Waals surface area (Å²) in [6.45, 7) is 3.91. The average Bonchev–Trinajstić information content (AvgIpc) is 2.69. The minimum absolute atomic E-state index is 0.123. The van der Waals surface area contributed by atoms with Crippen molar-refractivity contribution in [3.8, 4) is 0 Å². The minimum atomic E-state index is -0.152. The Balaban J connectivity index is 2.50. The van der Waals surface area contributed by atoms with Crippen LogP contribution < -0.4 is 5.32 Å². The molecule has 0 amide bonds. The number of rotatable bonds is 3. The van der Waals surface area contributed by atoms with Crippen LogP contribution in [0, 0.1) is 6.92 Å². The van der Waals surface area contributed by atoms with Gasteiger partial charge in [-0.2, -0.15) is 0 Å². The molecule has 0 radical (unpaired) electrons. The van der Waals surface area contributed by atoms with E-state index in [2.05, 4.69) is 16.4 Å². The molecule has 2 rings (SSSR count). The third-order valence-electron chi connectivity index (χ3n) is 2.93. The van der Waals surface area contributed by atoms with E-state index < -0.39 is 0 Å². The van der Waals surface area contributed by atoms with Crippen LogP contribution in [0.3, 0.4) is 0 Å². The fraction of sp³-hybridized carbons (Fsp3) is 0.308. The highest BCUT2D eigenvalue weighted by molar-refractivity contribution is 6.10. The first-order valence-corrected chi connectivity index (χ1v) is 5.42. The molecular formula is C13H16N2O. The second-order valence-electron chi connectivity index (χ2n) is 4.13. The molecule has 0 bridgehead atoms. The fourth-order valence-corrected chi connectivity index (χ4v) is 1.81. The summed E-state index contributed by atoms with van der Waals surface area (Å²) in [7, 11) is 1.79. The van der Waals surface area contributed by atoms with Gasteiger partial charge in [0.15, 0.2) is 5.78 Å². The summed E-state index contributed by atoms with van der Waals surface area (Å²) >= 11 is 0. The molecule has 0 saturated carbocycles. The molecule has 1 aromatic carbocycles. The molecule has 2 aromatic rings. The molecule has 1 atom stereocenters. The number of benzene rings is 1.